The van der Waals surface area contributed by atoms with Crippen LogP contribution in [0.2, 0.25) is 0 Å². The van der Waals surface area contributed by atoms with E-state index in [1.54, 1.807) is 6.92 Å². The minimum atomic E-state index is -0.390. The molecule has 0 fully saturated rings. The largest absolute Gasteiger partial charge is 0.466 e. The topological polar surface area (TPSA) is 43.4 Å². The average molecular weight is 228 g/mol. The molecule has 0 aromatic carbocycles. The summed E-state index contributed by atoms with van der Waals surface area (Å²) in [6, 6.07) is 0. The van der Waals surface area contributed by atoms with E-state index in [2.05, 4.69) is 13.8 Å². The summed E-state index contributed by atoms with van der Waals surface area (Å²) in [7, 11) is 0. The van der Waals surface area contributed by atoms with Gasteiger partial charge in [0.05, 0.1) is 6.61 Å². The molecular formula is C13H24O3. The van der Waals surface area contributed by atoms with Crippen LogP contribution in [-0.4, -0.2) is 18.4 Å². The second-order valence-corrected chi connectivity index (χ2v) is 4.17. The van der Waals surface area contributed by atoms with Crippen molar-refractivity contribution < 1.29 is 14.3 Å². The number of carbonyl (C=O) groups is 2. The van der Waals surface area contributed by atoms with Crippen LogP contribution in [0.25, 0.3) is 0 Å². The normalized spacial score (nSPS) is 10.5. The van der Waals surface area contributed by atoms with Crippen molar-refractivity contribution in [1.29, 1.82) is 0 Å². The van der Waals surface area contributed by atoms with Crippen molar-refractivity contribution in [2.45, 2.75) is 59.3 Å². The van der Waals surface area contributed by atoms with Gasteiger partial charge in [0.15, 0.2) is 0 Å². The summed E-state index contributed by atoms with van der Waals surface area (Å²) in [5.41, 5.74) is 0. The maximum Gasteiger partial charge on any atom is 0.313 e. The Hall–Kier alpha value is -0.860. The molecule has 16 heavy (non-hydrogen) atoms. The fraction of sp³-hybridized carbons (Fsp3) is 0.846. The van der Waals surface area contributed by atoms with Crippen LogP contribution in [0, 0.1) is 5.92 Å². The number of Topliss-reactive ketones (excluding diaryl/α,β-unsaturated/α-hetero) is 1. The molecule has 0 aromatic heterocycles. The highest BCUT2D eigenvalue weighted by Gasteiger charge is 2.15. The molecular weight excluding hydrogens is 204 g/mol. The predicted octanol–water partition coefficient (Wildman–Crippen LogP) is 3.12. The van der Waals surface area contributed by atoms with E-state index in [4.69, 9.17) is 4.74 Å². The van der Waals surface area contributed by atoms with Crippen molar-refractivity contribution in [3.8, 4) is 0 Å². The van der Waals surface area contributed by atoms with Crippen LogP contribution in [-0.2, 0) is 14.3 Å². The minimum Gasteiger partial charge on any atom is -0.466 e. The van der Waals surface area contributed by atoms with Gasteiger partial charge in [0.2, 0.25) is 0 Å². The third-order valence-corrected chi connectivity index (χ3v) is 2.56. The molecule has 0 atom stereocenters. The number of carbonyl (C=O) groups excluding carboxylic acids is 2. The van der Waals surface area contributed by atoms with Gasteiger partial charge >= 0.3 is 5.97 Å². The maximum atomic E-state index is 11.6. The molecule has 0 rings (SSSR count). The van der Waals surface area contributed by atoms with Crippen LogP contribution in [0.3, 0.4) is 0 Å². The number of ketones is 1. The van der Waals surface area contributed by atoms with E-state index in [1.165, 1.54) is 0 Å². The van der Waals surface area contributed by atoms with Crippen molar-refractivity contribution in [1.82, 2.24) is 0 Å². The molecule has 0 heterocycles. The molecule has 0 N–H and O–H groups in total. The highest BCUT2D eigenvalue weighted by molar-refractivity contribution is 5.95. The lowest BCUT2D eigenvalue weighted by atomic mass is 9.92. The highest BCUT2D eigenvalue weighted by Crippen LogP contribution is 2.18. The Morgan fingerprint density at radius 2 is 1.62 bits per heavy atom. The fourth-order valence-corrected chi connectivity index (χ4v) is 1.93. The van der Waals surface area contributed by atoms with Crippen molar-refractivity contribution in [3.05, 3.63) is 0 Å². The quantitative estimate of drug-likeness (QED) is 0.450. The molecule has 94 valence electrons. The van der Waals surface area contributed by atoms with E-state index in [-0.39, 0.29) is 18.2 Å². The monoisotopic (exact) mass is 228 g/mol. The first-order valence-electron chi connectivity index (χ1n) is 6.31. The molecule has 0 radical (unpaired) electrons. The molecule has 3 nitrogen and oxygen atoms in total. The summed E-state index contributed by atoms with van der Waals surface area (Å²) in [6.07, 6.45) is 4.80. The van der Waals surface area contributed by atoms with E-state index >= 15 is 0 Å². The standard InChI is InChI=1S/C13H24O3/c1-4-7-11(8-5-2)9-12(14)10-13(15)16-6-3/h11H,4-10H2,1-3H3. The molecule has 0 amide bonds. The SMILES string of the molecule is CCCC(CCC)CC(=O)CC(=O)OCC. The fourth-order valence-electron chi connectivity index (χ4n) is 1.93. The number of rotatable bonds is 9. The van der Waals surface area contributed by atoms with Gasteiger partial charge in [-0.1, -0.05) is 39.5 Å². The van der Waals surface area contributed by atoms with Gasteiger partial charge in [-0.25, -0.2) is 0 Å². The van der Waals surface area contributed by atoms with Crippen molar-refractivity contribution >= 4 is 11.8 Å². The van der Waals surface area contributed by atoms with Gasteiger partial charge in [-0.3, -0.25) is 9.59 Å². The number of ether oxygens (including phenoxy) is 1. The smallest absolute Gasteiger partial charge is 0.313 e. The molecule has 3 heteroatoms. The number of hydrogen-bond acceptors (Lipinski definition) is 3. The van der Waals surface area contributed by atoms with E-state index in [1.807, 2.05) is 0 Å². The molecule has 0 aromatic rings. The maximum absolute atomic E-state index is 11.6. The molecule has 0 bridgehead atoms. The summed E-state index contributed by atoms with van der Waals surface area (Å²) < 4.78 is 4.75. The van der Waals surface area contributed by atoms with Crippen LogP contribution in [0.15, 0.2) is 0 Å². The van der Waals surface area contributed by atoms with Gasteiger partial charge in [-0.05, 0) is 12.8 Å². The molecule has 0 aliphatic heterocycles. The van der Waals surface area contributed by atoms with E-state index < -0.39 is 0 Å². The first-order valence-corrected chi connectivity index (χ1v) is 6.31. The molecule has 0 saturated carbocycles. The van der Waals surface area contributed by atoms with Gasteiger partial charge in [0.25, 0.3) is 0 Å². The zero-order valence-corrected chi connectivity index (χ0v) is 10.8. The van der Waals surface area contributed by atoms with Gasteiger partial charge in [0.1, 0.15) is 12.2 Å². The van der Waals surface area contributed by atoms with Gasteiger partial charge < -0.3 is 4.74 Å². The Balaban J connectivity index is 3.93. The van der Waals surface area contributed by atoms with E-state index in [0.29, 0.717) is 18.9 Å². The minimum absolute atomic E-state index is 0.0188. The van der Waals surface area contributed by atoms with Crippen LogP contribution in [0.5, 0.6) is 0 Å². The van der Waals surface area contributed by atoms with Crippen molar-refractivity contribution in [3.63, 3.8) is 0 Å². The van der Waals surface area contributed by atoms with Crippen LogP contribution in [0.1, 0.15) is 59.3 Å². The molecule has 0 unspecified atom stereocenters. The highest BCUT2D eigenvalue weighted by atomic mass is 16.5. The Morgan fingerprint density at radius 1 is 1.06 bits per heavy atom. The van der Waals surface area contributed by atoms with Crippen LogP contribution >= 0.6 is 0 Å². The summed E-state index contributed by atoms with van der Waals surface area (Å²) in [5.74, 6) is 0.0709. The van der Waals surface area contributed by atoms with Crippen LogP contribution < -0.4 is 0 Å². The zero-order valence-electron chi connectivity index (χ0n) is 10.8. The molecule has 0 spiro atoms. The Kier molecular flexibility index (Phi) is 8.87. The molecule has 0 aliphatic carbocycles. The van der Waals surface area contributed by atoms with Gasteiger partial charge in [-0.2, -0.15) is 0 Å². The Morgan fingerprint density at radius 3 is 2.06 bits per heavy atom. The second kappa shape index (κ2) is 9.37. The predicted molar refractivity (Wildman–Crippen MR) is 64.2 cm³/mol. The van der Waals surface area contributed by atoms with Crippen molar-refractivity contribution in [2.75, 3.05) is 6.61 Å². The zero-order chi connectivity index (χ0) is 12.4. The Labute approximate surface area is 98.6 Å². The summed E-state index contributed by atoms with van der Waals surface area (Å²) in [6.45, 7) is 6.34. The van der Waals surface area contributed by atoms with Gasteiger partial charge in [-0.15, -0.1) is 0 Å². The Bertz CT molecular complexity index is 205. The molecule has 0 saturated heterocycles. The first-order chi connectivity index (χ1) is 7.63. The lowest BCUT2D eigenvalue weighted by Crippen LogP contribution is -2.14. The third-order valence-electron chi connectivity index (χ3n) is 2.56. The van der Waals surface area contributed by atoms with E-state index in [0.717, 1.165) is 25.7 Å². The van der Waals surface area contributed by atoms with Gasteiger partial charge in [0, 0.05) is 6.42 Å². The summed E-state index contributed by atoms with van der Waals surface area (Å²) in [5, 5.41) is 0. The molecule has 0 aliphatic rings. The average Bonchev–Trinajstić information content (AvgIpc) is 2.18. The summed E-state index contributed by atoms with van der Waals surface area (Å²) >= 11 is 0. The van der Waals surface area contributed by atoms with E-state index in [9.17, 15) is 9.59 Å². The number of esters is 1. The summed E-state index contributed by atoms with van der Waals surface area (Å²) in [4.78, 5) is 22.7. The number of hydrogen-bond donors (Lipinski definition) is 0. The lowest BCUT2D eigenvalue weighted by Gasteiger charge is -2.13. The first kappa shape index (κ1) is 15.1. The third kappa shape index (κ3) is 7.43. The lowest BCUT2D eigenvalue weighted by molar-refractivity contribution is -0.145. The second-order valence-electron chi connectivity index (χ2n) is 4.17. The van der Waals surface area contributed by atoms with Crippen LogP contribution in [0.4, 0.5) is 0 Å². The van der Waals surface area contributed by atoms with Crippen molar-refractivity contribution in [2.24, 2.45) is 5.92 Å².